The predicted octanol–water partition coefficient (Wildman–Crippen LogP) is -1.96. The minimum Gasteiger partial charge on any atom is -0.508 e. The fraction of sp³-hybridized carbons (Fsp3) is 0.451. The molecule has 15 N–H and O–H groups in total. The van der Waals surface area contributed by atoms with Crippen LogP contribution in [0.15, 0.2) is 72.8 Å². The Balaban J connectivity index is 1.42. The third-order valence-electron chi connectivity index (χ3n) is 12.1. The van der Waals surface area contributed by atoms with Gasteiger partial charge in [-0.05, 0) is 71.6 Å². The molecule has 0 radical (unpaired) electrons. The van der Waals surface area contributed by atoms with Crippen LogP contribution in [0.25, 0.3) is 11.1 Å². The summed E-state index contributed by atoms with van der Waals surface area (Å²) in [6.45, 7) is 1.39. The first-order valence-electron chi connectivity index (χ1n) is 24.5. The Bertz CT molecular complexity index is 2500. The standard InChI is InChI=1S/C51H67N9O16/c1-27(2)21-39(50(73)74)57-47(70)40(23-61)59-49(72)42(25-63)60-48(71)41(24-62)58-45(68)37(18-19-43(52)66)55-46(69)38(22-29-14-16-30(65)17-15-29)56-44(67)36(54-28(3)64)13-8-20-53-51(75)76-26-35-33-11-6-4-9-31(33)32-10-5-7-12-34(32)35/h4-7,9-12,14-17,27,35-42,61-63,65H,8,13,18-26H2,1-3H3,(H2,52,66)(H,53,75)(H,54,64)(H,55,69)(H,56,67)(H,57,70)(H,58,68)(H,59,72)(H,60,71)(H,73,74)/t36-,37-,38-,39-,40-,41-,42-/m0/s1. The number of fused-ring (bicyclic) bond motifs is 3. The Morgan fingerprint density at radius 2 is 1.01 bits per heavy atom. The summed E-state index contributed by atoms with van der Waals surface area (Å²) in [4.78, 5) is 130. The van der Waals surface area contributed by atoms with Crippen molar-refractivity contribution in [2.24, 2.45) is 11.7 Å². The van der Waals surface area contributed by atoms with Crippen LogP contribution in [0.2, 0.25) is 0 Å². The average Bonchev–Trinajstić information content (AvgIpc) is 3.70. The molecule has 0 unspecified atom stereocenters. The van der Waals surface area contributed by atoms with Gasteiger partial charge >= 0.3 is 12.1 Å². The van der Waals surface area contributed by atoms with Gasteiger partial charge in [0.05, 0.1) is 19.8 Å². The summed E-state index contributed by atoms with van der Waals surface area (Å²) in [5.41, 5.74) is 9.92. The summed E-state index contributed by atoms with van der Waals surface area (Å²) in [6.07, 6.45) is -1.85. The second kappa shape index (κ2) is 29.7. The van der Waals surface area contributed by atoms with E-state index >= 15 is 0 Å². The lowest BCUT2D eigenvalue weighted by Gasteiger charge is -2.27. The number of phenols is 1. The molecule has 0 aliphatic heterocycles. The fourth-order valence-electron chi connectivity index (χ4n) is 8.20. The number of primary amides is 1. The van der Waals surface area contributed by atoms with Crippen LogP contribution in [0.3, 0.4) is 0 Å². The molecule has 76 heavy (non-hydrogen) atoms. The van der Waals surface area contributed by atoms with Crippen molar-refractivity contribution >= 4 is 59.3 Å². The molecule has 0 heterocycles. The summed E-state index contributed by atoms with van der Waals surface area (Å²) in [5, 5.41) is 68.0. The number of carboxylic acids is 1. The lowest BCUT2D eigenvalue weighted by atomic mass is 9.98. The predicted molar refractivity (Wildman–Crippen MR) is 270 cm³/mol. The number of phenolic OH excluding ortho intramolecular Hbond substituents is 1. The molecule has 0 saturated heterocycles. The molecule has 4 rings (SSSR count). The summed E-state index contributed by atoms with van der Waals surface area (Å²) in [5.74, 6) is -9.99. The number of rotatable bonds is 30. The number of aromatic hydroxyl groups is 1. The maximum atomic E-state index is 14.1. The Labute approximate surface area is 437 Å². The molecule has 25 heteroatoms. The van der Waals surface area contributed by atoms with Crippen LogP contribution in [-0.2, 0) is 54.3 Å². The molecular formula is C51H67N9O16. The van der Waals surface area contributed by atoms with Crippen molar-refractivity contribution in [3.63, 3.8) is 0 Å². The molecule has 0 bridgehead atoms. The molecule has 9 amide bonds. The van der Waals surface area contributed by atoms with Gasteiger partial charge in [-0.3, -0.25) is 38.4 Å². The highest BCUT2D eigenvalue weighted by molar-refractivity contribution is 5.97. The van der Waals surface area contributed by atoms with Gasteiger partial charge in [0.25, 0.3) is 0 Å². The zero-order chi connectivity index (χ0) is 56.1. The molecule has 3 aromatic carbocycles. The van der Waals surface area contributed by atoms with E-state index in [1.54, 1.807) is 13.8 Å². The molecule has 7 atom stereocenters. The molecule has 1 aliphatic rings. The van der Waals surface area contributed by atoms with Crippen LogP contribution in [-0.4, -0.2) is 160 Å². The van der Waals surface area contributed by atoms with E-state index in [1.807, 2.05) is 48.5 Å². The molecular weight excluding hydrogens is 995 g/mol. The van der Waals surface area contributed by atoms with Crippen LogP contribution in [0.1, 0.15) is 75.5 Å². The van der Waals surface area contributed by atoms with Crippen molar-refractivity contribution in [1.29, 1.82) is 0 Å². The van der Waals surface area contributed by atoms with E-state index in [2.05, 4.69) is 42.5 Å². The van der Waals surface area contributed by atoms with Crippen molar-refractivity contribution in [3.8, 4) is 16.9 Å². The van der Waals surface area contributed by atoms with E-state index in [4.69, 9.17) is 10.5 Å². The summed E-state index contributed by atoms with van der Waals surface area (Å²) >= 11 is 0. The SMILES string of the molecule is CC(=O)N[C@@H](CCCNC(=O)OCC1c2ccccc2-c2ccccc21)C(=O)N[C@@H](Cc1ccc(O)cc1)C(=O)N[C@@H](CCC(N)=O)C(=O)N[C@@H](CO)C(=O)N[C@@H](CO)C(=O)N[C@@H](CO)C(=O)N[C@@H](CC(C)C)C(=O)O. The first-order chi connectivity index (χ1) is 36.1. The molecule has 25 nitrogen and oxygen atoms in total. The van der Waals surface area contributed by atoms with Crippen molar-refractivity contribution < 1.29 is 78.2 Å². The maximum absolute atomic E-state index is 14.1. The molecule has 0 aromatic heterocycles. The number of alkyl carbamates (subject to hydrolysis) is 1. The van der Waals surface area contributed by atoms with Crippen LogP contribution in [0.5, 0.6) is 5.75 Å². The zero-order valence-corrected chi connectivity index (χ0v) is 42.2. The third kappa shape index (κ3) is 18.3. The normalized spacial score (nSPS) is 14.4. The Morgan fingerprint density at radius 1 is 0.579 bits per heavy atom. The lowest BCUT2D eigenvalue weighted by molar-refractivity contribution is -0.143. The molecule has 0 saturated carbocycles. The second-order valence-corrected chi connectivity index (χ2v) is 18.4. The number of aliphatic carboxylic acids is 1. The van der Waals surface area contributed by atoms with E-state index in [-0.39, 0.29) is 56.4 Å². The number of nitrogens with two attached hydrogens (primary N) is 1. The number of hydrogen-bond donors (Lipinski definition) is 14. The van der Waals surface area contributed by atoms with Crippen molar-refractivity contribution in [1.82, 2.24) is 42.5 Å². The highest BCUT2D eigenvalue weighted by Crippen LogP contribution is 2.44. The van der Waals surface area contributed by atoms with Crippen LogP contribution < -0.4 is 48.3 Å². The van der Waals surface area contributed by atoms with Crippen molar-refractivity contribution in [2.45, 2.75) is 108 Å². The van der Waals surface area contributed by atoms with Gasteiger partial charge in [-0.2, -0.15) is 0 Å². The smallest absolute Gasteiger partial charge is 0.407 e. The van der Waals surface area contributed by atoms with Crippen LogP contribution in [0.4, 0.5) is 4.79 Å². The van der Waals surface area contributed by atoms with Crippen molar-refractivity contribution in [3.05, 3.63) is 89.5 Å². The Kier molecular flexibility index (Phi) is 23.6. The van der Waals surface area contributed by atoms with E-state index in [1.165, 1.54) is 31.2 Å². The number of amides is 9. The number of carbonyl (C=O) groups excluding carboxylic acids is 9. The number of carboxylic acid groups (broad SMARTS) is 1. The van der Waals surface area contributed by atoms with Gasteiger partial charge < -0.3 is 78.5 Å². The first-order valence-corrected chi connectivity index (χ1v) is 24.5. The van der Waals surface area contributed by atoms with Gasteiger partial charge in [-0.25, -0.2) is 9.59 Å². The van der Waals surface area contributed by atoms with Crippen molar-refractivity contribution in [2.75, 3.05) is 33.0 Å². The lowest BCUT2D eigenvalue weighted by Crippen LogP contribution is -2.61. The number of hydrogen-bond acceptors (Lipinski definition) is 15. The molecule has 0 spiro atoms. The number of aliphatic hydroxyl groups is 3. The Morgan fingerprint density at radius 3 is 1.47 bits per heavy atom. The number of benzene rings is 3. The van der Waals surface area contributed by atoms with Gasteiger partial charge in [0, 0.05) is 32.2 Å². The number of ether oxygens (including phenoxy) is 1. The van der Waals surface area contributed by atoms with Gasteiger partial charge in [0.2, 0.25) is 47.3 Å². The monoisotopic (exact) mass is 1060 g/mol. The second-order valence-electron chi connectivity index (χ2n) is 18.4. The minimum atomic E-state index is -1.89. The van der Waals surface area contributed by atoms with Crippen LogP contribution in [0, 0.1) is 5.92 Å². The van der Waals surface area contributed by atoms with Gasteiger partial charge in [-0.1, -0.05) is 74.5 Å². The number of nitrogens with one attached hydrogen (secondary N) is 8. The highest BCUT2D eigenvalue weighted by Gasteiger charge is 2.35. The first kappa shape index (κ1) is 60.4. The van der Waals surface area contributed by atoms with Crippen LogP contribution >= 0.6 is 0 Å². The summed E-state index contributed by atoms with van der Waals surface area (Å²) in [6, 6.07) is 9.86. The van der Waals surface area contributed by atoms with E-state index < -0.39 is 134 Å². The van der Waals surface area contributed by atoms with E-state index in [0.717, 1.165) is 22.3 Å². The summed E-state index contributed by atoms with van der Waals surface area (Å²) in [7, 11) is 0. The van der Waals surface area contributed by atoms with Gasteiger partial charge in [0.1, 0.15) is 54.6 Å². The topological polar surface area (TPSA) is 403 Å². The molecule has 1 aliphatic carbocycles. The van der Waals surface area contributed by atoms with E-state index in [0.29, 0.717) is 5.56 Å². The molecule has 412 valence electrons. The van der Waals surface area contributed by atoms with Gasteiger partial charge in [-0.15, -0.1) is 0 Å². The summed E-state index contributed by atoms with van der Waals surface area (Å²) < 4.78 is 5.59. The quantitative estimate of drug-likeness (QED) is 0.0322. The highest BCUT2D eigenvalue weighted by atomic mass is 16.5. The average molecular weight is 1060 g/mol. The maximum Gasteiger partial charge on any atom is 0.407 e. The fourth-order valence-corrected chi connectivity index (χ4v) is 8.20. The molecule has 0 fully saturated rings. The van der Waals surface area contributed by atoms with Gasteiger partial charge in [0.15, 0.2) is 0 Å². The zero-order valence-electron chi connectivity index (χ0n) is 42.2. The Hall–Kier alpha value is -8.16. The minimum absolute atomic E-state index is 0.0111. The van der Waals surface area contributed by atoms with E-state index in [9.17, 15) is 73.5 Å². The number of aliphatic hydroxyl groups excluding tert-OH is 3. The number of carbonyl (C=O) groups is 10. The largest absolute Gasteiger partial charge is 0.508 e. The third-order valence-corrected chi connectivity index (χ3v) is 12.1. The molecule has 3 aromatic rings.